The number of nitrogens with one attached hydrogen (secondary N) is 2. The average molecular weight is 537 g/mol. The van der Waals surface area contributed by atoms with Crippen molar-refractivity contribution in [2.45, 2.75) is 39.7 Å². The Morgan fingerprint density at radius 1 is 0.974 bits per heavy atom. The van der Waals surface area contributed by atoms with E-state index in [1.54, 1.807) is 25.0 Å². The first kappa shape index (κ1) is 29.2. The number of nitrogens with zero attached hydrogens (tertiary/aromatic N) is 2. The Balaban J connectivity index is 1.98. The largest absolute Gasteiger partial charge is 0.496 e. The molecule has 1 heterocycles. The fraction of sp³-hybridized carbons (Fsp3) is 0.379. The molecule has 39 heavy (non-hydrogen) atoms. The molecule has 0 unspecified atom stereocenters. The highest BCUT2D eigenvalue weighted by Crippen LogP contribution is 2.39. The first-order valence-electron chi connectivity index (χ1n) is 12.7. The van der Waals surface area contributed by atoms with Gasteiger partial charge in [0.1, 0.15) is 18.0 Å². The van der Waals surface area contributed by atoms with E-state index in [0.717, 1.165) is 11.3 Å². The highest BCUT2D eigenvalue weighted by Gasteiger charge is 2.25. The van der Waals surface area contributed by atoms with Crippen LogP contribution in [0.1, 0.15) is 42.7 Å². The monoisotopic (exact) mass is 536 g/mol. The van der Waals surface area contributed by atoms with Crippen molar-refractivity contribution in [3.8, 4) is 28.4 Å². The quantitative estimate of drug-likeness (QED) is 0.339. The van der Waals surface area contributed by atoms with Crippen LogP contribution in [0.5, 0.6) is 11.5 Å². The minimum atomic E-state index is -0.547. The van der Waals surface area contributed by atoms with Crippen LogP contribution >= 0.6 is 0 Å². The summed E-state index contributed by atoms with van der Waals surface area (Å²) in [6, 6.07) is 14.4. The fourth-order valence-corrected chi connectivity index (χ4v) is 4.22. The summed E-state index contributed by atoms with van der Waals surface area (Å²) in [7, 11) is 4.39. The normalized spacial score (nSPS) is 11.6. The molecule has 2 aromatic carbocycles. The van der Waals surface area contributed by atoms with Gasteiger partial charge in [0, 0.05) is 12.5 Å². The van der Waals surface area contributed by atoms with Crippen LogP contribution in [-0.4, -0.2) is 61.5 Å². The molecule has 1 aromatic heterocycles. The minimum Gasteiger partial charge on any atom is -0.496 e. The lowest BCUT2D eigenvalue weighted by Gasteiger charge is -2.19. The molecule has 0 spiro atoms. The molecular formula is C29H36N4O6. The zero-order chi connectivity index (χ0) is 28.5. The molecule has 2 amide bonds. The van der Waals surface area contributed by atoms with Crippen LogP contribution in [0, 0.1) is 12.8 Å². The molecule has 1 atom stereocenters. The SMILES string of the molecule is COC(=O)CNC(=O)C[C@H](CC(C)C)NC(=O)c1cc(-c2c(OC)cccc2OC)n(-c2ccc(C)cc2)n1. The van der Waals surface area contributed by atoms with Gasteiger partial charge in [-0.25, -0.2) is 4.68 Å². The number of aryl methyl sites for hydroxylation is 1. The van der Waals surface area contributed by atoms with Gasteiger partial charge in [-0.3, -0.25) is 14.4 Å². The first-order chi connectivity index (χ1) is 18.7. The summed E-state index contributed by atoms with van der Waals surface area (Å²) in [5.74, 6) is -0.00148. The van der Waals surface area contributed by atoms with Crippen molar-refractivity contribution in [3.05, 3.63) is 59.8 Å². The first-order valence-corrected chi connectivity index (χ1v) is 12.7. The lowest BCUT2D eigenvalue weighted by atomic mass is 10.0. The summed E-state index contributed by atoms with van der Waals surface area (Å²) in [4.78, 5) is 37.3. The van der Waals surface area contributed by atoms with Gasteiger partial charge in [-0.1, -0.05) is 37.6 Å². The van der Waals surface area contributed by atoms with E-state index in [1.165, 1.54) is 7.11 Å². The second-order valence-corrected chi connectivity index (χ2v) is 9.56. The third-order valence-corrected chi connectivity index (χ3v) is 6.09. The number of esters is 1. The van der Waals surface area contributed by atoms with Gasteiger partial charge in [-0.15, -0.1) is 0 Å². The van der Waals surface area contributed by atoms with Crippen LogP contribution in [0.25, 0.3) is 16.9 Å². The van der Waals surface area contributed by atoms with Crippen LogP contribution in [0.2, 0.25) is 0 Å². The molecule has 3 aromatic rings. The number of methoxy groups -OCH3 is 3. The lowest BCUT2D eigenvalue weighted by molar-refractivity contribution is -0.141. The maximum atomic E-state index is 13.5. The van der Waals surface area contributed by atoms with Crippen LogP contribution < -0.4 is 20.1 Å². The molecule has 0 aliphatic carbocycles. The van der Waals surface area contributed by atoms with E-state index in [4.69, 9.17) is 9.47 Å². The van der Waals surface area contributed by atoms with Gasteiger partial charge < -0.3 is 24.8 Å². The standard InChI is InChI=1S/C29H36N4O6/c1-18(2)14-20(15-26(34)30-17-27(35)39-6)31-29(36)22-16-23(28-24(37-4)8-7-9-25(28)38-5)33(32-22)21-12-10-19(3)11-13-21/h7-13,16,18,20H,14-15,17H2,1-6H3,(H,30,34)(H,31,36)/t20-/m0/s1. The van der Waals surface area contributed by atoms with E-state index < -0.39 is 17.9 Å². The molecule has 0 fully saturated rings. The number of aromatic nitrogens is 2. The number of carbonyl (C=O) groups excluding carboxylic acids is 3. The molecule has 208 valence electrons. The van der Waals surface area contributed by atoms with Crippen molar-refractivity contribution in [1.82, 2.24) is 20.4 Å². The van der Waals surface area contributed by atoms with Crippen molar-refractivity contribution in [1.29, 1.82) is 0 Å². The van der Waals surface area contributed by atoms with Crippen LogP contribution in [0.15, 0.2) is 48.5 Å². The van der Waals surface area contributed by atoms with Gasteiger partial charge in [0.15, 0.2) is 5.69 Å². The van der Waals surface area contributed by atoms with Crippen molar-refractivity contribution >= 4 is 17.8 Å². The summed E-state index contributed by atoms with van der Waals surface area (Å²) in [5, 5.41) is 10.1. The van der Waals surface area contributed by atoms with Gasteiger partial charge in [0.25, 0.3) is 5.91 Å². The molecule has 0 saturated carbocycles. The summed E-state index contributed by atoms with van der Waals surface area (Å²) in [5.41, 5.74) is 3.26. The summed E-state index contributed by atoms with van der Waals surface area (Å²) >= 11 is 0. The van der Waals surface area contributed by atoms with Gasteiger partial charge in [-0.05, 0) is 49.6 Å². The third kappa shape index (κ3) is 7.59. The molecule has 0 aliphatic rings. The molecule has 0 radical (unpaired) electrons. The number of rotatable bonds is 12. The van der Waals surface area contributed by atoms with E-state index in [9.17, 15) is 14.4 Å². The third-order valence-electron chi connectivity index (χ3n) is 6.09. The van der Waals surface area contributed by atoms with Crippen LogP contribution in [-0.2, 0) is 14.3 Å². The maximum absolute atomic E-state index is 13.5. The molecule has 0 bridgehead atoms. The van der Waals surface area contributed by atoms with E-state index in [0.29, 0.717) is 29.2 Å². The Kier molecular flexibility index (Phi) is 10.1. The van der Waals surface area contributed by atoms with Crippen molar-refractivity contribution in [3.63, 3.8) is 0 Å². The van der Waals surface area contributed by atoms with Gasteiger partial charge >= 0.3 is 5.97 Å². The second-order valence-electron chi connectivity index (χ2n) is 9.56. The molecule has 10 heteroatoms. The zero-order valence-corrected chi connectivity index (χ0v) is 23.2. The fourth-order valence-electron chi connectivity index (χ4n) is 4.22. The lowest BCUT2D eigenvalue weighted by Crippen LogP contribution is -2.41. The number of amides is 2. The van der Waals surface area contributed by atoms with Crippen molar-refractivity contribution < 1.29 is 28.6 Å². The van der Waals surface area contributed by atoms with Crippen molar-refractivity contribution in [2.24, 2.45) is 5.92 Å². The smallest absolute Gasteiger partial charge is 0.325 e. The number of benzene rings is 2. The van der Waals surface area contributed by atoms with Gasteiger partial charge in [0.2, 0.25) is 5.91 Å². The average Bonchev–Trinajstić information content (AvgIpc) is 3.36. The molecule has 0 saturated heterocycles. The van der Waals surface area contributed by atoms with Gasteiger partial charge in [-0.2, -0.15) is 5.10 Å². The molecule has 10 nitrogen and oxygen atoms in total. The van der Waals surface area contributed by atoms with E-state index in [-0.39, 0.29) is 30.5 Å². The topological polar surface area (TPSA) is 121 Å². The summed E-state index contributed by atoms with van der Waals surface area (Å²) in [6.45, 7) is 5.77. The number of hydrogen-bond donors (Lipinski definition) is 2. The Morgan fingerprint density at radius 2 is 1.62 bits per heavy atom. The highest BCUT2D eigenvalue weighted by molar-refractivity contribution is 5.95. The van der Waals surface area contributed by atoms with Crippen LogP contribution in [0.4, 0.5) is 0 Å². The van der Waals surface area contributed by atoms with Gasteiger partial charge in [0.05, 0.1) is 38.3 Å². The minimum absolute atomic E-state index is 0.00672. The Morgan fingerprint density at radius 3 is 2.18 bits per heavy atom. The summed E-state index contributed by atoms with van der Waals surface area (Å²) < 4.78 is 17.5. The van der Waals surface area contributed by atoms with Crippen molar-refractivity contribution in [2.75, 3.05) is 27.9 Å². The zero-order valence-electron chi connectivity index (χ0n) is 23.2. The maximum Gasteiger partial charge on any atom is 0.325 e. The predicted octanol–water partition coefficient (Wildman–Crippen LogP) is 3.69. The predicted molar refractivity (Wildman–Crippen MR) is 147 cm³/mol. The molecule has 2 N–H and O–H groups in total. The second kappa shape index (κ2) is 13.5. The Bertz CT molecular complexity index is 1280. The highest BCUT2D eigenvalue weighted by atomic mass is 16.5. The van der Waals surface area contributed by atoms with E-state index in [1.807, 2.05) is 63.2 Å². The van der Waals surface area contributed by atoms with E-state index in [2.05, 4.69) is 20.5 Å². The Labute approximate surface area is 228 Å². The molecule has 3 rings (SSSR count). The number of carbonyl (C=O) groups is 3. The molecule has 0 aliphatic heterocycles. The molecular weight excluding hydrogens is 500 g/mol. The van der Waals surface area contributed by atoms with Crippen LogP contribution in [0.3, 0.4) is 0 Å². The number of ether oxygens (including phenoxy) is 3. The number of hydrogen-bond acceptors (Lipinski definition) is 7. The van der Waals surface area contributed by atoms with E-state index >= 15 is 0 Å². The summed E-state index contributed by atoms with van der Waals surface area (Å²) in [6.07, 6.45) is 0.565. The Hall–Kier alpha value is -4.34.